The van der Waals surface area contributed by atoms with Gasteiger partial charge in [-0.05, 0) is 69.1 Å². The number of ether oxygens (including phenoxy) is 4. The minimum absolute atomic E-state index is 0.0947. The molecule has 0 aliphatic heterocycles. The fourth-order valence-electron chi connectivity index (χ4n) is 9.47. The van der Waals surface area contributed by atoms with Crippen molar-refractivity contribution >= 4 is 39.5 Å². The molecule has 3 unspecified atom stereocenters. The smallest absolute Gasteiger partial charge is 0.462 e. The van der Waals surface area contributed by atoms with Crippen LogP contribution >= 0.6 is 15.6 Å². The van der Waals surface area contributed by atoms with Crippen LogP contribution < -0.4 is 0 Å². The molecule has 86 heavy (non-hydrogen) atoms. The number of hydrogen-bond donors (Lipinski definition) is 3. The van der Waals surface area contributed by atoms with E-state index in [0.717, 1.165) is 115 Å². The molecular weight excluding hydrogens is 1140 g/mol. The molecule has 17 nitrogen and oxygen atoms in total. The average Bonchev–Trinajstić information content (AvgIpc) is 3.68. The molecule has 0 aliphatic carbocycles. The fourth-order valence-corrected chi connectivity index (χ4v) is 11.0. The normalized spacial score (nSPS) is 14.5. The van der Waals surface area contributed by atoms with Crippen LogP contribution in [0.1, 0.15) is 305 Å². The summed E-state index contributed by atoms with van der Waals surface area (Å²) < 4.78 is 68.0. The number of allylic oxidation sites excluding steroid dienone is 4. The van der Waals surface area contributed by atoms with E-state index in [9.17, 15) is 43.2 Å². The van der Waals surface area contributed by atoms with Crippen molar-refractivity contribution < 1.29 is 80.2 Å². The van der Waals surface area contributed by atoms with E-state index in [1.54, 1.807) is 0 Å². The summed E-state index contributed by atoms with van der Waals surface area (Å²) in [6.07, 6.45) is 42.8. The highest BCUT2D eigenvalue weighted by molar-refractivity contribution is 7.47. The summed E-state index contributed by atoms with van der Waals surface area (Å²) >= 11 is 0. The largest absolute Gasteiger partial charge is 0.472 e. The summed E-state index contributed by atoms with van der Waals surface area (Å²) in [6.45, 7) is 11.6. The number of unbranched alkanes of at least 4 members (excludes halogenated alkanes) is 28. The van der Waals surface area contributed by atoms with Crippen LogP contribution in [0.3, 0.4) is 0 Å². The van der Waals surface area contributed by atoms with Crippen LogP contribution in [0.5, 0.6) is 0 Å². The van der Waals surface area contributed by atoms with Gasteiger partial charge in [-0.15, -0.1) is 0 Å². The van der Waals surface area contributed by atoms with Gasteiger partial charge in [-0.1, -0.05) is 253 Å². The van der Waals surface area contributed by atoms with E-state index < -0.39 is 97.5 Å². The molecule has 5 atom stereocenters. The van der Waals surface area contributed by atoms with Gasteiger partial charge in [0, 0.05) is 25.7 Å². The number of carbonyl (C=O) groups excluding carboxylic acids is 4. The highest BCUT2D eigenvalue weighted by Crippen LogP contribution is 2.45. The minimum Gasteiger partial charge on any atom is -0.462 e. The summed E-state index contributed by atoms with van der Waals surface area (Å²) in [5.41, 5.74) is 0. The molecule has 0 radical (unpaired) electrons. The first-order valence-corrected chi connectivity index (χ1v) is 37.2. The van der Waals surface area contributed by atoms with Gasteiger partial charge < -0.3 is 33.8 Å². The molecule has 3 N–H and O–H groups in total. The van der Waals surface area contributed by atoms with Crippen molar-refractivity contribution in [3.05, 3.63) is 24.3 Å². The lowest BCUT2D eigenvalue weighted by atomic mass is 10.0. The molecule has 0 aliphatic rings. The van der Waals surface area contributed by atoms with Gasteiger partial charge >= 0.3 is 39.5 Å². The number of phosphoric acid groups is 2. The maximum Gasteiger partial charge on any atom is 0.472 e. The van der Waals surface area contributed by atoms with E-state index in [1.165, 1.54) is 96.3 Å². The molecule has 0 saturated heterocycles. The predicted octanol–water partition coefficient (Wildman–Crippen LogP) is 18.2. The molecule has 0 heterocycles. The van der Waals surface area contributed by atoms with Crippen LogP contribution in [-0.2, 0) is 65.4 Å². The van der Waals surface area contributed by atoms with E-state index in [0.29, 0.717) is 37.5 Å². The van der Waals surface area contributed by atoms with Gasteiger partial charge in [-0.25, -0.2) is 9.13 Å². The number of aliphatic hydroxyl groups is 1. The highest BCUT2D eigenvalue weighted by Gasteiger charge is 2.30. The van der Waals surface area contributed by atoms with Gasteiger partial charge in [0.25, 0.3) is 0 Å². The SMILES string of the molecule is CCCCCC/C=C\C=C/CCCCCCCC(=O)OC[C@H](COP(=O)(O)OCC(O)COP(=O)(O)OC[C@@H](COC(=O)CCCCCCCCCCC(C)C)OC(=O)CCCCCCCCCCC(C)C)OC(=O)CCCCCCCCC(C)C. The van der Waals surface area contributed by atoms with Crippen LogP contribution in [0.25, 0.3) is 0 Å². The zero-order valence-corrected chi connectivity index (χ0v) is 57.0. The number of esters is 4. The Morgan fingerprint density at radius 1 is 0.360 bits per heavy atom. The van der Waals surface area contributed by atoms with Crippen LogP contribution in [-0.4, -0.2) is 96.7 Å². The third-order valence-electron chi connectivity index (χ3n) is 14.8. The molecule has 0 amide bonds. The Morgan fingerprint density at radius 2 is 0.628 bits per heavy atom. The number of hydrogen-bond acceptors (Lipinski definition) is 15. The zero-order valence-electron chi connectivity index (χ0n) is 55.3. The Labute approximate surface area is 522 Å². The number of rotatable bonds is 63. The van der Waals surface area contributed by atoms with Crippen LogP contribution in [0, 0.1) is 17.8 Å². The van der Waals surface area contributed by atoms with Crippen molar-refractivity contribution in [1.29, 1.82) is 0 Å². The molecule has 0 bridgehead atoms. The second kappa shape index (κ2) is 57.7. The maximum absolute atomic E-state index is 13.0. The van der Waals surface area contributed by atoms with Crippen molar-refractivity contribution in [3.63, 3.8) is 0 Å². The summed E-state index contributed by atoms with van der Waals surface area (Å²) in [5, 5.41) is 10.5. The van der Waals surface area contributed by atoms with E-state index in [1.807, 2.05) is 0 Å². The first kappa shape index (κ1) is 83.5. The molecule has 0 saturated carbocycles. The summed E-state index contributed by atoms with van der Waals surface area (Å²) in [6, 6.07) is 0. The highest BCUT2D eigenvalue weighted by atomic mass is 31.2. The molecular formula is C67H126O17P2. The maximum atomic E-state index is 13.0. The summed E-state index contributed by atoms with van der Waals surface area (Å²) in [7, 11) is -9.90. The first-order chi connectivity index (χ1) is 41.2. The standard InChI is InChI=1S/C67H126O17P2/c1-8-9-10-11-12-13-14-15-16-17-18-19-26-34-41-48-64(69)77-55-63(84-67(72)51-44-37-30-29-33-40-47-60(6)7)57-82-86(75,76)80-53-61(68)52-79-85(73,74)81-56-62(83-66(71)50-43-36-28-23-21-25-32-39-46-59(4)5)54-78-65(70)49-42-35-27-22-20-24-31-38-45-58(2)3/h13-16,58-63,68H,8-12,17-57H2,1-7H3,(H,73,74)(H,75,76)/b14-13-,16-15-/t61?,62-,63-/m1/s1. The second-order valence-corrected chi connectivity index (χ2v) is 27.9. The molecule has 0 aromatic rings. The Bertz CT molecular complexity index is 1790. The number of aliphatic hydroxyl groups excluding tert-OH is 1. The second-order valence-electron chi connectivity index (χ2n) is 25.0. The van der Waals surface area contributed by atoms with Crippen molar-refractivity contribution in [2.45, 2.75) is 324 Å². The minimum atomic E-state index is -4.95. The Balaban J connectivity index is 5.25. The summed E-state index contributed by atoms with van der Waals surface area (Å²) in [4.78, 5) is 72.3. The van der Waals surface area contributed by atoms with Crippen molar-refractivity contribution in [1.82, 2.24) is 0 Å². The molecule has 506 valence electrons. The van der Waals surface area contributed by atoms with Crippen molar-refractivity contribution in [3.8, 4) is 0 Å². The molecule has 0 spiro atoms. The van der Waals surface area contributed by atoms with Gasteiger partial charge in [-0.3, -0.25) is 37.3 Å². The van der Waals surface area contributed by atoms with E-state index in [4.69, 9.17) is 37.0 Å². The number of phosphoric ester groups is 2. The molecule has 0 aromatic carbocycles. The van der Waals surface area contributed by atoms with Gasteiger partial charge in [0.15, 0.2) is 12.2 Å². The Morgan fingerprint density at radius 3 is 0.942 bits per heavy atom. The monoisotopic (exact) mass is 1260 g/mol. The van der Waals surface area contributed by atoms with Gasteiger partial charge in [0.05, 0.1) is 26.4 Å². The lowest BCUT2D eigenvalue weighted by Gasteiger charge is -2.21. The van der Waals surface area contributed by atoms with Gasteiger partial charge in [0.1, 0.15) is 19.3 Å². The molecule has 0 aromatic heterocycles. The first-order valence-electron chi connectivity index (χ1n) is 34.2. The van der Waals surface area contributed by atoms with Crippen LogP contribution in [0.2, 0.25) is 0 Å². The molecule has 0 rings (SSSR count). The predicted molar refractivity (Wildman–Crippen MR) is 344 cm³/mol. The Hall–Kier alpha value is -2.46. The topological polar surface area (TPSA) is 237 Å². The fraction of sp³-hybridized carbons (Fsp3) is 0.881. The third-order valence-corrected chi connectivity index (χ3v) is 16.7. The van der Waals surface area contributed by atoms with Gasteiger partial charge in [0.2, 0.25) is 0 Å². The molecule has 0 fully saturated rings. The average molecular weight is 1270 g/mol. The molecule has 19 heteroatoms. The lowest BCUT2D eigenvalue weighted by Crippen LogP contribution is -2.30. The van der Waals surface area contributed by atoms with E-state index in [2.05, 4.69) is 72.8 Å². The lowest BCUT2D eigenvalue weighted by molar-refractivity contribution is -0.161. The van der Waals surface area contributed by atoms with E-state index >= 15 is 0 Å². The van der Waals surface area contributed by atoms with Crippen molar-refractivity contribution in [2.75, 3.05) is 39.6 Å². The number of carbonyl (C=O) groups is 4. The van der Waals surface area contributed by atoms with Crippen LogP contribution in [0.4, 0.5) is 0 Å². The van der Waals surface area contributed by atoms with E-state index in [-0.39, 0.29) is 25.7 Å². The summed E-state index contributed by atoms with van der Waals surface area (Å²) in [5.74, 6) is -0.0611. The van der Waals surface area contributed by atoms with Crippen molar-refractivity contribution in [2.24, 2.45) is 17.8 Å². The van der Waals surface area contributed by atoms with Gasteiger partial charge in [-0.2, -0.15) is 0 Å². The Kier molecular flexibility index (Phi) is 56.0. The van der Waals surface area contributed by atoms with Crippen LogP contribution in [0.15, 0.2) is 24.3 Å². The quantitative estimate of drug-likeness (QED) is 0.0169. The third kappa shape index (κ3) is 60.5. The zero-order chi connectivity index (χ0) is 63.8.